The Kier molecular flexibility index (Phi) is 3.11. The predicted molar refractivity (Wildman–Crippen MR) is 65.5 cm³/mol. The molecular formula is C9H5Cl2NOS2. The van der Waals surface area contributed by atoms with E-state index in [2.05, 4.69) is 4.98 Å². The van der Waals surface area contributed by atoms with Crippen molar-refractivity contribution >= 4 is 51.7 Å². The lowest BCUT2D eigenvalue weighted by Crippen LogP contribution is -1.89. The topological polar surface area (TPSA) is 30.0 Å². The molecule has 2 rings (SSSR count). The number of hydrogen-bond donors (Lipinski definition) is 0. The van der Waals surface area contributed by atoms with Gasteiger partial charge in [0, 0.05) is 17.9 Å². The second-order valence-electron chi connectivity index (χ2n) is 2.83. The van der Waals surface area contributed by atoms with E-state index in [4.69, 9.17) is 23.2 Å². The van der Waals surface area contributed by atoms with Gasteiger partial charge < -0.3 is 0 Å². The van der Waals surface area contributed by atoms with Gasteiger partial charge in [-0.25, -0.2) is 4.98 Å². The number of hydrogen-bond acceptors (Lipinski definition) is 4. The number of thiazole rings is 1. The van der Waals surface area contributed by atoms with Gasteiger partial charge in [0.15, 0.2) is 10.8 Å². The number of aromatic nitrogens is 1. The molecule has 2 aromatic rings. The third-order valence-electron chi connectivity index (χ3n) is 1.74. The molecule has 15 heavy (non-hydrogen) atoms. The third-order valence-corrected chi connectivity index (χ3v) is 4.17. The van der Waals surface area contributed by atoms with Crippen LogP contribution in [0.15, 0.2) is 11.4 Å². The minimum absolute atomic E-state index is 0.0382. The van der Waals surface area contributed by atoms with Crippen LogP contribution in [-0.2, 0) is 0 Å². The van der Waals surface area contributed by atoms with E-state index in [0.717, 1.165) is 5.56 Å². The maximum absolute atomic E-state index is 11.1. The molecule has 0 saturated carbocycles. The van der Waals surface area contributed by atoms with Crippen LogP contribution in [0.3, 0.4) is 0 Å². The summed E-state index contributed by atoms with van der Waals surface area (Å²) in [5.74, 6) is -0.0382. The molecule has 2 nitrogen and oxygen atoms in total. The van der Waals surface area contributed by atoms with E-state index < -0.39 is 0 Å². The molecular weight excluding hydrogens is 273 g/mol. The fourth-order valence-corrected chi connectivity index (χ4v) is 3.28. The van der Waals surface area contributed by atoms with E-state index >= 15 is 0 Å². The van der Waals surface area contributed by atoms with Crippen LogP contribution in [0.25, 0.3) is 11.3 Å². The normalized spacial score (nSPS) is 10.6. The Labute approximate surface area is 104 Å². The molecule has 0 aliphatic rings. The maximum Gasteiger partial charge on any atom is 0.188 e. The number of nitrogens with zero attached hydrogens (tertiary/aromatic N) is 1. The number of halogens is 2. The van der Waals surface area contributed by atoms with E-state index in [9.17, 15) is 4.79 Å². The summed E-state index contributed by atoms with van der Waals surface area (Å²) in [5, 5.41) is 2.30. The van der Waals surface area contributed by atoms with Gasteiger partial charge >= 0.3 is 0 Å². The zero-order chi connectivity index (χ0) is 11.0. The average Bonchev–Trinajstić information content (AvgIpc) is 2.71. The molecule has 0 fully saturated rings. The zero-order valence-electron chi connectivity index (χ0n) is 7.58. The van der Waals surface area contributed by atoms with E-state index in [1.54, 1.807) is 11.4 Å². The van der Waals surface area contributed by atoms with E-state index in [1.807, 2.05) is 0 Å². The quantitative estimate of drug-likeness (QED) is 0.763. The molecule has 0 aliphatic carbocycles. The Balaban J connectivity index is 2.45. The van der Waals surface area contributed by atoms with Gasteiger partial charge in [-0.3, -0.25) is 4.79 Å². The van der Waals surface area contributed by atoms with E-state index in [-0.39, 0.29) is 5.78 Å². The number of carbonyl (C=O) groups excluding carboxylic acids is 1. The largest absolute Gasteiger partial charge is 0.292 e. The van der Waals surface area contributed by atoms with Crippen molar-refractivity contribution in [2.75, 3.05) is 0 Å². The molecule has 0 radical (unpaired) electrons. The van der Waals surface area contributed by atoms with Gasteiger partial charge in [0.25, 0.3) is 0 Å². The smallest absolute Gasteiger partial charge is 0.188 e. The second kappa shape index (κ2) is 4.22. The number of thiophene rings is 1. The molecule has 0 spiro atoms. The standard InChI is InChI=1S/C9H5Cl2NOS2/c1-4(13)9-12-6(3-14-9)5-2-7(10)15-8(5)11/h2-3H,1H3. The van der Waals surface area contributed by atoms with E-state index in [0.29, 0.717) is 19.4 Å². The minimum Gasteiger partial charge on any atom is -0.292 e. The highest BCUT2D eigenvalue weighted by Crippen LogP contribution is 2.38. The third kappa shape index (κ3) is 2.23. The molecule has 0 amide bonds. The Morgan fingerprint density at radius 3 is 2.67 bits per heavy atom. The summed E-state index contributed by atoms with van der Waals surface area (Å²) in [6.45, 7) is 1.49. The number of carbonyl (C=O) groups is 1. The lowest BCUT2D eigenvalue weighted by Gasteiger charge is -1.90. The second-order valence-corrected chi connectivity index (χ2v) is 5.98. The molecule has 0 aromatic carbocycles. The van der Waals surface area contributed by atoms with Crippen molar-refractivity contribution in [1.82, 2.24) is 4.98 Å². The van der Waals surface area contributed by atoms with Gasteiger partial charge in [0.1, 0.15) is 4.34 Å². The summed E-state index contributed by atoms with van der Waals surface area (Å²) in [5.41, 5.74) is 1.49. The summed E-state index contributed by atoms with van der Waals surface area (Å²) in [6, 6.07) is 1.76. The van der Waals surface area contributed by atoms with Gasteiger partial charge in [-0.2, -0.15) is 0 Å². The lowest BCUT2D eigenvalue weighted by molar-refractivity contribution is 0.101. The van der Waals surface area contributed by atoms with Gasteiger partial charge in [-0.1, -0.05) is 23.2 Å². The summed E-state index contributed by atoms with van der Waals surface area (Å²) in [6.07, 6.45) is 0. The molecule has 0 atom stereocenters. The highest BCUT2D eigenvalue weighted by molar-refractivity contribution is 7.20. The van der Waals surface area contributed by atoms with Crippen molar-refractivity contribution in [3.63, 3.8) is 0 Å². The molecule has 2 aromatic heterocycles. The Bertz CT molecular complexity index is 518. The first-order valence-electron chi connectivity index (χ1n) is 3.99. The molecule has 6 heteroatoms. The maximum atomic E-state index is 11.1. The summed E-state index contributed by atoms with van der Waals surface area (Å²) in [7, 11) is 0. The molecule has 0 unspecified atom stereocenters. The van der Waals surface area contributed by atoms with Gasteiger partial charge in [-0.15, -0.1) is 22.7 Å². The first kappa shape index (κ1) is 11.1. The summed E-state index contributed by atoms with van der Waals surface area (Å²) >= 11 is 14.4. The van der Waals surface area contributed by atoms with Crippen LogP contribution < -0.4 is 0 Å². The fraction of sp³-hybridized carbons (Fsp3) is 0.111. The number of rotatable bonds is 2. The first-order valence-corrected chi connectivity index (χ1v) is 6.45. The van der Waals surface area contributed by atoms with Crippen LogP contribution in [0.1, 0.15) is 16.7 Å². The van der Waals surface area contributed by atoms with Crippen LogP contribution in [0.2, 0.25) is 8.67 Å². The first-order chi connectivity index (χ1) is 7.08. The number of Topliss-reactive ketones (excluding diaryl/α,β-unsaturated/α-hetero) is 1. The molecule has 0 aliphatic heterocycles. The fourth-order valence-electron chi connectivity index (χ4n) is 1.07. The average molecular weight is 278 g/mol. The van der Waals surface area contributed by atoms with Crippen molar-refractivity contribution < 1.29 is 4.79 Å². The Morgan fingerprint density at radius 2 is 2.20 bits per heavy atom. The monoisotopic (exact) mass is 277 g/mol. The number of ketones is 1. The van der Waals surface area contributed by atoms with Crippen LogP contribution >= 0.6 is 45.9 Å². The van der Waals surface area contributed by atoms with Gasteiger partial charge in [-0.05, 0) is 6.07 Å². The van der Waals surface area contributed by atoms with Crippen LogP contribution in [0.4, 0.5) is 0 Å². The van der Waals surface area contributed by atoms with Crippen molar-refractivity contribution in [3.05, 3.63) is 25.1 Å². The minimum atomic E-state index is -0.0382. The van der Waals surface area contributed by atoms with Gasteiger partial charge in [0.05, 0.1) is 10.0 Å². The lowest BCUT2D eigenvalue weighted by atomic mass is 10.3. The molecule has 0 bridgehead atoms. The van der Waals surface area contributed by atoms with Crippen molar-refractivity contribution in [3.8, 4) is 11.3 Å². The molecule has 0 saturated heterocycles. The molecule has 0 N–H and O–H groups in total. The molecule has 2 heterocycles. The summed E-state index contributed by atoms with van der Waals surface area (Å²) < 4.78 is 1.22. The highest BCUT2D eigenvalue weighted by atomic mass is 35.5. The molecule has 78 valence electrons. The van der Waals surface area contributed by atoms with Crippen LogP contribution in [0, 0.1) is 0 Å². The van der Waals surface area contributed by atoms with E-state index in [1.165, 1.54) is 29.6 Å². The van der Waals surface area contributed by atoms with Crippen molar-refractivity contribution in [2.45, 2.75) is 6.92 Å². The Morgan fingerprint density at radius 1 is 1.47 bits per heavy atom. The van der Waals surface area contributed by atoms with Crippen LogP contribution in [-0.4, -0.2) is 10.8 Å². The highest BCUT2D eigenvalue weighted by Gasteiger charge is 2.13. The zero-order valence-corrected chi connectivity index (χ0v) is 10.7. The predicted octanol–water partition coefficient (Wildman–Crippen LogP) is 4.38. The summed E-state index contributed by atoms with van der Waals surface area (Å²) in [4.78, 5) is 15.3. The van der Waals surface area contributed by atoms with Crippen molar-refractivity contribution in [2.24, 2.45) is 0 Å². The SMILES string of the molecule is CC(=O)c1nc(-c2cc(Cl)sc2Cl)cs1. The van der Waals surface area contributed by atoms with Gasteiger partial charge in [0.2, 0.25) is 0 Å². The Hall–Kier alpha value is -0.420. The van der Waals surface area contributed by atoms with Crippen molar-refractivity contribution in [1.29, 1.82) is 0 Å². The van der Waals surface area contributed by atoms with Crippen LogP contribution in [0.5, 0.6) is 0 Å².